The van der Waals surface area contributed by atoms with Crippen molar-refractivity contribution in [2.75, 3.05) is 5.32 Å². The number of hydrogen-bond donors (Lipinski definition) is 3. The van der Waals surface area contributed by atoms with Crippen LogP contribution in [0.3, 0.4) is 0 Å². The second kappa shape index (κ2) is 6.67. The number of carbonyl (C=O) groups excluding carboxylic acids is 2. The van der Waals surface area contributed by atoms with E-state index in [-0.39, 0.29) is 11.7 Å². The number of hydrogen-bond acceptors (Lipinski definition) is 4. The lowest BCUT2D eigenvalue weighted by molar-refractivity contribution is -0.117. The third-order valence-corrected chi connectivity index (χ3v) is 3.08. The number of nitrogens with two attached hydrogens (primary N) is 1. The molecule has 1 atom stereocenters. The molecule has 0 aliphatic heterocycles. The van der Waals surface area contributed by atoms with Crippen molar-refractivity contribution in [3.05, 3.63) is 59.7 Å². The van der Waals surface area contributed by atoms with E-state index < -0.39 is 6.04 Å². The molecule has 5 heteroatoms. The first-order valence-corrected chi connectivity index (χ1v) is 6.48. The number of nitrogens with one attached hydrogen (secondary N) is 1. The summed E-state index contributed by atoms with van der Waals surface area (Å²) in [6.07, 6.45) is 1.18. The van der Waals surface area contributed by atoms with Crippen LogP contribution in [0, 0.1) is 0 Å². The monoisotopic (exact) mass is 284 g/mol. The van der Waals surface area contributed by atoms with Crippen LogP contribution in [0.25, 0.3) is 0 Å². The lowest BCUT2D eigenvalue weighted by Crippen LogP contribution is -2.27. The molecule has 0 saturated carbocycles. The molecule has 1 amide bonds. The molecule has 2 rings (SSSR count). The smallest absolute Gasteiger partial charge is 0.245 e. The highest BCUT2D eigenvalue weighted by atomic mass is 16.3. The minimum Gasteiger partial charge on any atom is -0.508 e. The molecule has 4 N–H and O–H groups in total. The third-order valence-electron chi connectivity index (χ3n) is 3.08. The van der Waals surface area contributed by atoms with Gasteiger partial charge in [0.15, 0.2) is 0 Å². The first kappa shape index (κ1) is 14.7. The van der Waals surface area contributed by atoms with Gasteiger partial charge >= 0.3 is 0 Å². The molecule has 0 saturated heterocycles. The van der Waals surface area contributed by atoms with Crippen LogP contribution in [-0.4, -0.2) is 17.3 Å². The maximum atomic E-state index is 12.1. The number of aromatic hydroxyl groups is 1. The molecule has 0 radical (unpaired) electrons. The Morgan fingerprint density at radius 3 is 2.33 bits per heavy atom. The Bertz CT molecular complexity index is 621. The molecule has 0 aliphatic carbocycles. The first-order valence-electron chi connectivity index (χ1n) is 6.48. The van der Waals surface area contributed by atoms with Gasteiger partial charge in [-0.25, -0.2) is 0 Å². The fraction of sp³-hybridized carbons (Fsp3) is 0.125. The number of anilines is 1. The molecule has 5 nitrogen and oxygen atoms in total. The topological polar surface area (TPSA) is 92.4 Å². The van der Waals surface area contributed by atoms with Crippen molar-refractivity contribution in [2.45, 2.75) is 12.5 Å². The lowest BCUT2D eigenvalue weighted by Gasteiger charge is -2.13. The summed E-state index contributed by atoms with van der Waals surface area (Å²) in [5.41, 5.74) is 7.98. The summed E-state index contributed by atoms with van der Waals surface area (Å²) in [6, 6.07) is 12.3. The van der Waals surface area contributed by atoms with Gasteiger partial charge in [0.1, 0.15) is 18.1 Å². The van der Waals surface area contributed by atoms with Crippen molar-refractivity contribution < 1.29 is 14.7 Å². The van der Waals surface area contributed by atoms with Crippen molar-refractivity contribution in [3.8, 4) is 5.75 Å². The number of phenols is 1. The van der Waals surface area contributed by atoms with E-state index in [1.54, 1.807) is 36.4 Å². The van der Waals surface area contributed by atoms with E-state index >= 15 is 0 Å². The highest BCUT2D eigenvalue weighted by Crippen LogP contribution is 2.17. The van der Waals surface area contributed by atoms with Crippen LogP contribution in [0.2, 0.25) is 0 Å². The zero-order chi connectivity index (χ0) is 15.2. The molecular weight excluding hydrogens is 268 g/mol. The SMILES string of the molecule is N[C@H](C(=O)Nc1ccc(CC=O)cc1)c1ccc(O)cc1. The van der Waals surface area contributed by atoms with E-state index in [1.165, 1.54) is 12.1 Å². The minimum absolute atomic E-state index is 0.122. The second-order valence-corrected chi connectivity index (χ2v) is 4.63. The quantitative estimate of drug-likeness (QED) is 0.730. The highest BCUT2D eigenvalue weighted by molar-refractivity contribution is 5.95. The van der Waals surface area contributed by atoms with Crippen molar-refractivity contribution in [1.29, 1.82) is 0 Å². The zero-order valence-electron chi connectivity index (χ0n) is 11.3. The Labute approximate surface area is 122 Å². The molecule has 0 heterocycles. The van der Waals surface area contributed by atoms with Crippen LogP contribution in [0.1, 0.15) is 17.2 Å². The minimum atomic E-state index is -0.819. The normalized spacial score (nSPS) is 11.7. The largest absolute Gasteiger partial charge is 0.508 e. The number of aldehydes is 1. The molecule has 0 spiro atoms. The lowest BCUT2D eigenvalue weighted by atomic mass is 10.1. The number of carbonyl (C=O) groups is 2. The summed E-state index contributed by atoms with van der Waals surface area (Å²) in [4.78, 5) is 22.5. The predicted molar refractivity (Wildman–Crippen MR) is 79.9 cm³/mol. The molecule has 2 aromatic carbocycles. The maximum Gasteiger partial charge on any atom is 0.245 e. The third kappa shape index (κ3) is 3.90. The molecule has 2 aromatic rings. The standard InChI is InChI=1S/C16H16N2O3/c17-15(12-3-7-14(20)8-4-12)16(21)18-13-5-1-11(2-6-13)9-10-19/h1-8,10,15,20H,9,17H2,(H,18,21)/t15-/m0/s1. The van der Waals surface area contributed by atoms with Gasteiger partial charge in [-0.15, -0.1) is 0 Å². The maximum absolute atomic E-state index is 12.1. The zero-order valence-corrected chi connectivity index (χ0v) is 11.3. The number of phenolic OH excluding ortho intramolecular Hbond substituents is 1. The summed E-state index contributed by atoms with van der Waals surface area (Å²) in [5.74, 6) is -0.221. The second-order valence-electron chi connectivity index (χ2n) is 4.63. The van der Waals surface area contributed by atoms with Crippen LogP contribution < -0.4 is 11.1 Å². The van der Waals surface area contributed by atoms with Gasteiger partial charge in [-0.2, -0.15) is 0 Å². The molecule has 108 valence electrons. The highest BCUT2D eigenvalue weighted by Gasteiger charge is 2.15. The average Bonchev–Trinajstić information content (AvgIpc) is 2.49. The van der Waals surface area contributed by atoms with Crippen LogP contribution in [0.4, 0.5) is 5.69 Å². The summed E-state index contributed by atoms with van der Waals surface area (Å²) in [7, 11) is 0. The van der Waals surface area contributed by atoms with Gasteiger partial charge in [0.05, 0.1) is 0 Å². The number of amides is 1. The molecule has 0 aromatic heterocycles. The van der Waals surface area contributed by atoms with E-state index in [4.69, 9.17) is 5.73 Å². The van der Waals surface area contributed by atoms with Gasteiger partial charge in [-0.3, -0.25) is 4.79 Å². The molecule has 0 bridgehead atoms. The van der Waals surface area contributed by atoms with Crippen molar-refractivity contribution in [1.82, 2.24) is 0 Å². The molecule has 0 fully saturated rings. The van der Waals surface area contributed by atoms with Crippen molar-refractivity contribution >= 4 is 17.9 Å². The van der Waals surface area contributed by atoms with E-state index in [0.717, 1.165) is 11.8 Å². The van der Waals surface area contributed by atoms with Crippen molar-refractivity contribution in [3.63, 3.8) is 0 Å². The summed E-state index contributed by atoms with van der Waals surface area (Å²) in [6.45, 7) is 0. The molecule has 0 unspecified atom stereocenters. The summed E-state index contributed by atoms with van der Waals surface area (Å²) >= 11 is 0. The van der Waals surface area contributed by atoms with Gasteiger partial charge in [0.2, 0.25) is 5.91 Å². The Hall–Kier alpha value is -2.66. The van der Waals surface area contributed by atoms with E-state index in [0.29, 0.717) is 17.7 Å². The van der Waals surface area contributed by atoms with Crippen LogP contribution in [-0.2, 0) is 16.0 Å². The van der Waals surface area contributed by atoms with Gasteiger partial charge in [0, 0.05) is 12.1 Å². The van der Waals surface area contributed by atoms with E-state index in [9.17, 15) is 14.7 Å². The Kier molecular flexibility index (Phi) is 4.68. The first-order chi connectivity index (χ1) is 10.1. The molecule has 0 aliphatic rings. The average molecular weight is 284 g/mol. The fourth-order valence-corrected chi connectivity index (χ4v) is 1.87. The fourth-order valence-electron chi connectivity index (χ4n) is 1.87. The van der Waals surface area contributed by atoms with Crippen molar-refractivity contribution in [2.24, 2.45) is 5.73 Å². The summed E-state index contributed by atoms with van der Waals surface area (Å²) < 4.78 is 0. The Balaban J connectivity index is 2.03. The van der Waals surface area contributed by atoms with E-state index in [2.05, 4.69) is 5.32 Å². The number of benzene rings is 2. The van der Waals surface area contributed by atoms with Gasteiger partial charge in [-0.05, 0) is 35.4 Å². The van der Waals surface area contributed by atoms with E-state index in [1.807, 2.05) is 0 Å². The van der Waals surface area contributed by atoms with Crippen LogP contribution >= 0.6 is 0 Å². The van der Waals surface area contributed by atoms with Crippen LogP contribution in [0.15, 0.2) is 48.5 Å². The van der Waals surface area contributed by atoms with Gasteiger partial charge in [0.25, 0.3) is 0 Å². The number of rotatable bonds is 5. The summed E-state index contributed by atoms with van der Waals surface area (Å²) in [5, 5.41) is 11.9. The molecular formula is C16H16N2O3. The predicted octanol–water partition coefficient (Wildman–Crippen LogP) is 1.77. The van der Waals surface area contributed by atoms with Crippen LogP contribution in [0.5, 0.6) is 5.75 Å². The Morgan fingerprint density at radius 1 is 1.14 bits per heavy atom. The Morgan fingerprint density at radius 2 is 1.76 bits per heavy atom. The molecule has 21 heavy (non-hydrogen) atoms. The van der Waals surface area contributed by atoms with Gasteiger partial charge in [-0.1, -0.05) is 24.3 Å². The van der Waals surface area contributed by atoms with Gasteiger partial charge < -0.3 is 21.0 Å².